The third-order valence-corrected chi connectivity index (χ3v) is 5.56. The Kier molecular flexibility index (Phi) is 4.82. The average molecular weight is 266 g/mol. The number of aryl methyl sites for hydroxylation is 1. The highest BCUT2D eigenvalue weighted by Gasteiger charge is 2.29. The molecule has 1 saturated carbocycles. The zero-order valence-corrected chi connectivity index (χ0v) is 12.6. The van der Waals surface area contributed by atoms with E-state index in [4.69, 9.17) is 5.84 Å². The van der Waals surface area contributed by atoms with Gasteiger partial charge in [0.25, 0.3) is 0 Å². The van der Waals surface area contributed by atoms with Crippen molar-refractivity contribution in [2.75, 3.05) is 0 Å². The van der Waals surface area contributed by atoms with Crippen LogP contribution in [0.15, 0.2) is 12.1 Å². The molecule has 1 atom stereocenters. The molecule has 0 aliphatic heterocycles. The first-order valence-corrected chi connectivity index (χ1v) is 7.96. The summed E-state index contributed by atoms with van der Waals surface area (Å²) in [6, 6.07) is 4.79. The third-order valence-electron chi connectivity index (χ3n) is 4.48. The molecule has 0 bridgehead atoms. The van der Waals surface area contributed by atoms with Crippen molar-refractivity contribution in [3.05, 3.63) is 21.9 Å². The maximum Gasteiger partial charge on any atom is 0.0581 e. The van der Waals surface area contributed by atoms with Crippen LogP contribution in [0, 0.1) is 24.7 Å². The van der Waals surface area contributed by atoms with Crippen molar-refractivity contribution < 1.29 is 0 Å². The summed E-state index contributed by atoms with van der Waals surface area (Å²) in [5.41, 5.74) is 3.06. The van der Waals surface area contributed by atoms with Crippen molar-refractivity contribution >= 4 is 11.3 Å². The number of hydrazine groups is 1. The van der Waals surface area contributed by atoms with Crippen LogP contribution in [0.1, 0.15) is 55.3 Å². The maximum atomic E-state index is 5.80. The minimum Gasteiger partial charge on any atom is -0.271 e. The van der Waals surface area contributed by atoms with Crippen molar-refractivity contribution in [2.24, 2.45) is 23.6 Å². The lowest BCUT2D eigenvalue weighted by Gasteiger charge is -2.34. The van der Waals surface area contributed by atoms with Gasteiger partial charge in [0.2, 0.25) is 0 Å². The first-order valence-electron chi connectivity index (χ1n) is 7.14. The Labute approximate surface area is 115 Å². The molecule has 0 spiro atoms. The molecule has 3 heteroatoms. The van der Waals surface area contributed by atoms with Gasteiger partial charge < -0.3 is 0 Å². The van der Waals surface area contributed by atoms with E-state index in [1.165, 1.54) is 35.4 Å². The molecule has 1 aromatic heterocycles. The predicted molar refractivity (Wildman–Crippen MR) is 79.4 cm³/mol. The van der Waals surface area contributed by atoms with Crippen LogP contribution < -0.4 is 11.3 Å². The second-order valence-electron chi connectivity index (χ2n) is 6.01. The largest absolute Gasteiger partial charge is 0.271 e. The third kappa shape index (κ3) is 3.14. The molecule has 18 heavy (non-hydrogen) atoms. The smallest absolute Gasteiger partial charge is 0.0581 e. The highest BCUT2D eigenvalue weighted by molar-refractivity contribution is 7.12. The first kappa shape index (κ1) is 14.0. The van der Waals surface area contributed by atoms with Gasteiger partial charge in [-0.1, -0.05) is 13.8 Å². The molecule has 0 radical (unpaired) electrons. The maximum absolute atomic E-state index is 5.80. The molecule has 1 unspecified atom stereocenters. The van der Waals surface area contributed by atoms with Crippen LogP contribution in [0.2, 0.25) is 0 Å². The lowest BCUT2D eigenvalue weighted by Crippen LogP contribution is -2.35. The Morgan fingerprint density at radius 3 is 2.22 bits per heavy atom. The minimum absolute atomic E-state index is 0.358. The molecule has 1 fully saturated rings. The molecule has 1 aliphatic carbocycles. The topological polar surface area (TPSA) is 38.0 Å². The summed E-state index contributed by atoms with van der Waals surface area (Å²) in [6.07, 6.45) is 5.36. The Morgan fingerprint density at radius 2 is 1.78 bits per heavy atom. The van der Waals surface area contributed by atoms with Crippen LogP contribution in [0.5, 0.6) is 0 Å². The monoisotopic (exact) mass is 266 g/mol. The fourth-order valence-corrected chi connectivity index (χ4v) is 4.25. The van der Waals surface area contributed by atoms with E-state index in [1.54, 1.807) is 0 Å². The number of thiophene rings is 1. The molecule has 0 aromatic carbocycles. The molecule has 2 nitrogen and oxygen atoms in total. The molecule has 1 heterocycles. The van der Waals surface area contributed by atoms with Crippen molar-refractivity contribution in [3.8, 4) is 0 Å². The van der Waals surface area contributed by atoms with Gasteiger partial charge in [-0.3, -0.25) is 11.3 Å². The lowest BCUT2D eigenvalue weighted by atomic mass is 9.74. The van der Waals surface area contributed by atoms with E-state index in [9.17, 15) is 0 Å². The van der Waals surface area contributed by atoms with Crippen LogP contribution in [0.3, 0.4) is 0 Å². The van der Waals surface area contributed by atoms with Crippen LogP contribution in [0.25, 0.3) is 0 Å². The fourth-order valence-electron chi connectivity index (χ4n) is 3.22. The molecule has 0 amide bonds. The van der Waals surface area contributed by atoms with E-state index in [-0.39, 0.29) is 0 Å². The van der Waals surface area contributed by atoms with Crippen LogP contribution in [-0.4, -0.2) is 0 Å². The highest BCUT2D eigenvalue weighted by atomic mass is 32.1. The first-order chi connectivity index (χ1) is 8.61. The number of hydrogen-bond donors (Lipinski definition) is 2. The van der Waals surface area contributed by atoms with Crippen molar-refractivity contribution in [3.63, 3.8) is 0 Å². The van der Waals surface area contributed by atoms with Gasteiger partial charge in [0, 0.05) is 9.75 Å². The Hall–Kier alpha value is -0.380. The molecular weight excluding hydrogens is 240 g/mol. The number of nitrogens with two attached hydrogens (primary N) is 1. The zero-order chi connectivity index (χ0) is 13.1. The Balaban J connectivity index is 1.98. The SMILES string of the molecule is Cc1ccc(C(NN)C2CCC(C(C)C)CC2)s1. The van der Waals surface area contributed by atoms with E-state index in [0.717, 1.165) is 11.8 Å². The summed E-state index contributed by atoms with van der Waals surface area (Å²) < 4.78 is 0. The number of hydrogen-bond acceptors (Lipinski definition) is 3. The second-order valence-corrected chi connectivity index (χ2v) is 7.33. The molecule has 1 aliphatic rings. The van der Waals surface area contributed by atoms with Crippen molar-refractivity contribution in [1.29, 1.82) is 0 Å². The van der Waals surface area contributed by atoms with Gasteiger partial charge in [-0.15, -0.1) is 11.3 Å². The van der Waals surface area contributed by atoms with Crippen LogP contribution in [-0.2, 0) is 0 Å². The highest BCUT2D eigenvalue weighted by Crippen LogP contribution is 2.40. The summed E-state index contributed by atoms with van der Waals surface area (Å²) in [5, 5.41) is 0. The summed E-state index contributed by atoms with van der Waals surface area (Å²) in [6.45, 7) is 6.87. The summed E-state index contributed by atoms with van der Waals surface area (Å²) in [4.78, 5) is 2.78. The van der Waals surface area contributed by atoms with Gasteiger partial charge in [-0.25, -0.2) is 0 Å². The molecule has 102 valence electrons. The second kappa shape index (κ2) is 6.18. The zero-order valence-electron chi connectivity index (χ0n) is 11.8. The Morgan fingerprint density at radius 1 is 1.17 bits per heavy atom. The average Bonchev–Trinajstić information content (AvgIpc) is 2.77. The summed E-state index contributed by atoms with van der Waals surface area (Å²) in [5.74, 6) is 8.26. The van der Waals surface area contributed by atoms with Gasteiger partial charge in [0.15, 0.2) is 0 Å². The molecule has 3 N–H and O–H groups in total. The summed E-state index contributed by atoms with van der Waals surface area (Å²) in [7, 11) is 0. The normalized spacial score (nSPS) is 26.5. The van der Waals surface area contributed by atoms with Gasteiger partial charge in [0.05, 0.1) is 6.04 Å². The van der Waals surface area contributed by atoms with Crippen molar-refractivity contribution in [2.45, 2.75) is 52.5 Å². The molecular formula is C15H26N2S. The number of nitrogens with one attached hydrogen (secondary N) is 1. The van der Waals surface area contributed by atoms with E-state index in [2.05, 4.69) is 38.3 Å². The van der Waals surface area contributed by atoms with E-state index < -0.39 is 0 Å². The predicted octanol–water partition coefficient (Wildman–Crippen LogP) is 4.02. The standard InChI is InChI=1S/C15H26N2S/c1-10(2)12-5-7-13(8-6-12)15(17-16)14-9-4-11(3)18-14/h4,9-10,12-13,15,17H,5-8,16H2,1-3H3. The summed E-state index contributed by atoms with van der Waals surface area (Å²) >= 11 is 1.88. The van der Waals surface area contributed by atoms with E-state index >= 15 is 0 Å². The minimum atomic E-state index is 0.358. The lowest BCUT2D eigenvalue weighted by molar-refractivity contribution is 0.190. The van der Waals surface area contributed by atoms with E-state index in [0.29, 0.717) is 12.0 Å². The number of rotatable bonds is 4. The fraction of sp³-hybridized carbons (Fsp3) is 0.733. The van der Waals surface area contributed by atoms with Gasteiger partial charge in [-0.05, 0) is 62.5 Å². The van der Waals surface area contributed by atoms with Gasteiger partial charge in [-0.2, -0.15) is 0 Å². The Bertz CT molecular complexity index is 364. The quantitative estimate of drug-likeness (QED) is 0.638. The van der Waals surface area contributed by atoms with Crippen molar-refractivity contribution in [1.82, 2.24) is 5.43 Å². The van der Waals surface area contributed by atoms with E-state index in [1.807, 2.05) is 11.3 Å². The molecule has 1 aromatic rings. The molecule has 0 saturated heterocycles. The van der Waals surface area contributed by atoms with Gasteiger partial charge >= 0.3 is 0 Å². The van der Waals surface area contributed by atoms with Crippen LogP contribution in [0.4, 0.5) is 0 Å². The van der Waals surface area contributed by atoms with Gasteiger partial charge in [0.1, 0.15) is 0 Å². The molecule has 2 rings (SSSR count). The van der Waals surface area contributed by atoms with Crippen LogP contribution >= 0.6 is 11.3 Å².